The second-order valence-corrected chi connectivity index (χ2v) is 6.40. The van der Waals surface area contributed by atoms with Crippen LogP contribution in [0.15, 0.2) is 24.3 Å². The van der Waals surface area contributed by atoms with E-state index in [-0.39, 0.29) is 5.91 Å². The minimum absolute atomic E-state index is 0.281. The summed E-state index contributed by atoms with van der Waals surface area (Å²) in [7, 11) is 1.67. The molecule has 0 N–H and O–H groups in total. The summed E-state index contributed by atoms with van der Waals surface area (Å²) >= 11 is 0. The maximum atomic E-state index is 12.4. The standard InChI is InChI=1S/C19H30N2O2/c1-4-5-16(2)20-12-14-21(15-13-20)19(22)11-8-17-6-9-18(23-3)10-7-17/h6-7,9-10,16H,4-5,8,11-15H2,1-3H3. The number of carbonyl (C=O) groups excluding carboxylic acids is 1. The summed E-state index contributed by atoms with van der Waals surface area (Å²) in [6.45, 7) is 8.29. The molecule has 1 heterocycles. The normalized spacial score (nSPS) is 17.1. The third-order valence-corrected chi connectivity index (χ3v) is 4.78. The second-order valence-electron chi connectivity index (χ2n) is 6.40. The number of hydrogen-bond acceptors (Lipinski definition) is 3. The number of nitrogens with zero attached hydrogens (tertiary/aromatic N) is 2. The number of ether oxygens (including phenoxy) is 1. The fourth-order valence-electron chi connectivity index (χ4n) is 3.21. The van der Waals surface area contributed by atoms with Crippen LogP contribution in [0.5, 0.6) is 5.75 Å². The van der Waals surface area contributed by atoms with Crippen molar-refractivity contribution in [2.45, 2.75) is 45.6 Å². The zero-order chi connectivity index (χ0) is 16.7. The summed E-state index contributed by atoms with van der Waals surface area (Å²) in [5.41, 5.74) is 1.19. The van der Waals surface area contributed by atoms with Crippen molar-refractivity contribution >= 4 is 5.91 Å². The predicted molar refractivity (Wildman–Crippen MR) is 93.8 cm³/mol. The van der Waals surface area contributed by atoms with E-state index in [1.54, 1.807) is 7.11 Å². The Labute approximate surface area is 140 Å². The highest BCUT2D eigenvalue weighted by Crippen LogP contribution is 2.14. The number of amides is 1. The zero-order valence-corrected chi connectivity index (χ0v) is 14.8. The Morgan fingerprint density at radius 2 is 1.83 bits per heavy atom. The van der Waals surface area contributed by atoms with Crippen LogP contribution in [-0.2, 0) is 11.2 Å². The van der Waals surface area contributed by atoms with Gasteiger partial charge in [-0.25, -0.2) is 0 Å². The van der Waals surface area contributed by atoms with Crippen molar-refractivity contribution in [2.75, 3.05) is 33.3 Å². The first kappa shape index (κ1) is 17.8. The molecule has 0 saturated carbocycles. The molecule has 0 spiro atoms. The van der Waals surface area contributed by atoms with Crippen molar-refractivity contribution in [2.24, 2.45) is 0 Å². The number of hydrogen-bond donors (Lipinski definition) is 0. The van der Waals surface area contributed by atoms with Gasteiger partial charge in [0.25, 0.3) is 0 Å². The van der Waals surface area contributed by atoms with Crippen LogP contribution in [0.25, 0.3) is 0 Å². The van der Waals surface area contributed by atoms with Gasteiger partial charge in [-0.3, -0.25) is 9.69 Å². The van der Waals surface area contributed by atoms with E-state index >= 15 is 0 Å². The molecule has 1 aliphatic heterocycles. The summed E-state index contributed by atoms with van der Waals surface area (Å²) in [4.78, 5) is 16.9. The number of benzene rings is 1. The van der Waals surface area contributed by atoms with Crippen molar-refractivity contribution in [1.29, 1.82) is 0 Å². The maximum absolute atomic E-state index is 12.4. The van der Waals surface area contributed by atoms with E-state index in [0.717, 1.165) is 38.3 Å². The van der Waals surface area contributed by atoms with E-state index in [0.29, 0.717) is 12.5 Å². The molecule has 1 unspecified atom stereocenters. The van der Waals surface area contributed by atoms with Crippen molar-refractivity contribution in [1.82, 2.24) is 9.80 Å². The summed E-state index contributed by atoms with van der Waals surface area (Å²) in [5, 5.41) is 0. The van der Waals surface area contributed by atoms with E-state index < -0.39 is 0 Å². The molecule has 1 aromatic carbocycles. The van der Waals surface area contributed by atoms with E-state index in [2.05, 4.69) is 18.7 Å². The first-order valence-corrected chi connectivity index (χ1v) is 8.78. The van der Waals surface area contributed by atoms with Crippen LogP contribution in [-0.4, -0.2) is 55.0 Å². The number of rotatable bonds is 7. The summed E-state index contributed by atoms with van der Waals surface area (Å²) < 4.78 is 5.16. The first-order valence-electron chi connectivity index (χ1n) is 8.78. The number of methoxy groups -OCH3 is 1. The molecule has 4 nitrogen and oxygen atoms in total. The van der Waals surface area contributed by atoms with Crippen molar-refractivity contribution in [3.63, 3.8) is 0 Å². The Balaban J connectivity index is 1.74. The smallest absolute Gasteiger partial charge is 0.222 e. The molecule has 23 heavy (non-hydrogen) atoms. The lowest BCUT2D eigenvalue weighted by molar-refractivity contribution is -0.133. The van der Waals surface area contributed by atoms with Gasteiger partial charge >= 0.3 is 0 Å². The van der Waals surface area contributed by atoms with Crippen LogP contribution in [0.3, 0.4) is 0 Å². The average Bonchev–Trinajstić information content (AvgIpc) is 2.60. The van der Waals surface area contributed by atoms with Gasteiger partial charge in [-0.15, -0.1) is 0 Å². The Hall–Kier alpha value is -1.55. The predicted octanol–water partition coefficient (Wildman–Crippen LogP) is 2.96. The lowest BCUT2D eigenvalue weighted by Crippen LogP contribution is -2.51. The molecule has 1 saturated heterocycles. The molecule has 1 amide bonds. The fourth-order valence-corrected chi connectivity index (χ4v) is 3.21. The van der Waals surface area contributed by atoms with Gasteiger partial charge in [0.2, 0.25) is 5.91 Å². The quantitative estimate of drug-likeness (QED) is 0.775. The third-order valence-electron chi connectivity index (χ3n) is 4.78. The molecule has 128 valence electrons. The van der Waals surface area contributed by atoms with E-state index in [4.69, 9.17) is 4.74 Å². The van der Waals surface area contributed by atoms with E-state index in [9.17, 15) is 4.79 Å². The fraction of sp³-hybridized carbons (Fsp3) is 0.632. The van der Waals surface area contributed by atoms with Gasteiger partial charge in [0.05, 0.1) is 7.11 Å². The van der Waals surface area contributed by atoms with Crippen LogP contribution in [0.4, 0.5) is 0 Å². The Bertz CT molecular complexity index is 479. The van der Waals surface area contributed by atoms with Crippen LogP contribution in [0.2, 0.25) is 0 Å². The van der Waals surface area contributed by atoms with Gasteiger partial charge in [-0.05, 0) is 37.5 Å². The number of carbonyl (C=O) groups is 1. The topological polar surface area (TPSA) is 32.8 Å². The van der Waals surface area contributed by atoms with E-state index in [1.807, 2.05) is 29.2 Å². The van der Waals surface area contributed by atoms with Gasteiger partial charge in [-0.1, -0.05) is 25.5 Å². The molecule has 0 radical (unpaired) electrons. The lowest BCUT2D eigenvalue weighted by Gasteiger charge is -2.38. The van der Waals surface area contributed by atoms with Crippen LogP contribution in [0, 0.1) is 0 Å². The van der Waals surface area contributed by atoms with E-state index in [1.165, 1.54) is 18.4 Å². The Morgan fingerprint density at radius 3 is 2.39 bits per heavy atom. The van der Waals surface area contributed by atoms with Gasteiger partial charge in [0, 0.05) is 38.6 Å². The monoisotopic (exact) mass is 318 g/mol. The van der Waals surface area contributed by atoms with Crippen LogP contribution >= 0.6 is 0 Å². The molecule has 2 rings (SSSR count). The summed E-state index contributed by atoms with van der Waals surface area (Å²) in [6, 6.07) is 8.62. The highest BCUT2D eigenvalue weighted by Gasteiger charge is 2.23. The first-order chi connectivity index (χ1) is 11.1. The van der Waals surface area contributed by atoms with Gasteiger partial charge in [0.15, 0.2) is 0 Å². The van der Waals surface area contributed by atoms with Crippen molar-refractivity contribution in [3.8, 4) is 5.75 Å². The molecule has 0 bridgehead atoms. The Kier molecular flexibility index (Phi) is 6.90. The largest absolute Gasteiger partial charge is 0.497 e. The molecule has 1 aromatic rings. The molecule has 4 heteroatoms. The molecule has 0 aliphatic carbocycles. The van der Waals surface area contributed by atoms with Gasteiger partial charge in [-0.2, -0.15) is 0 Å². The van der Waals surface area contributed by atoms with Crippen LogP contribution in [0.1, 0.15) is 38.7 Å². The number of piperazine rings is 1. The van der Waals surface area contributed by atoms with Crippen molar-refractivity contribution < 1.29 is 9.53 Å². The highest BCUT2D eigenvalue weighted by atomic mass is 16.5. The second kappa shape index (κ2) is 8.92. The average molecular weight is 318 g/mol. The SMILES string of the molecule is CCCC(C)N1CCN(C(=O)CCc2ccc(OC)cc2)CC1. The molecule has 1 fully saturated rings. The lowest BCUT2D eigenvalue weighted by atomic mass is 10.1. The van der Waals surface area contributed by atoms with Gasteiger partial charge in [0.1, 0.15) is 5.75 Å². The summed E-state index contributed by atoms with van der Waals surface area (Å²) in [5.74, 6) is 1.14. The maximum Gasteiger partial charge on any atom is 0.222 e. The minimum atomic E-state index is 0.281. The van der Waals surface area contributed by atoms with Crippen molar-refractivity contribution in [3.05, 3.63) is 29.8 Å². The molecular formula is C19H30N2O2. The molecular weight excluding hydrogens is 288 g/mol. The Morgan fingerprint density at radius 1 is 1.17 bits per heavy atom. The number of aryl methyl sites for hydroxylation is 1. The minimum Gasteiger partial charge on any atom is -0.497 e. The zero-order valence-electron chi connectivity index (χ0n) is 14.8. The third kappa shape index (κ3) is 5.24. The molecule has 1 atom stereocenters. The van der Waals surface area contributed by atoms with Crippen LogP contribution < -0.4 is 4.74 Å². The highest BCUT2D eigenvalue weighted by molar-refractivity contribution is 5.76. The molecule has 0 aromatic heterocycles. The molecule has 1 aliphatic rings. The van der Waals surface area contributed by atoms with Gasteiger partial charge < -0.3 is 9.64 Å². The summed E-state index contributed by atoms with van der Waals surface area (Å²) in [6.07, 6.45) is 3.86.